The van der Waals surface area contributed by atoms with Crippen molar-refractivity contribution in [3.05, 3.63) is 23.5 Å². The molecule has 7 heteroatoms. The van der Waals surface area contributed by atoms with Crippen LogP contribution in [0.2, 0.25) is 0 Å². The van der Waals surface area contributed by atoms with Crippen molar-refractivity contribution in [2.45, 2.75) is 36.5 Å². The van der Waals surface area contributed by atoms with Gasteiger partial charge in [0.1, 0.15) is 15.7 Å². The van der Waals surface area contributed by atoms with Crippen molar-refractivity contribution in [3.63, 3.8) is 0 Å². The van der Waals surface area contributed by atoms with Gasteiger partial charge in [0.15, 0.2) is 0 Å². The lowest BCUT2D eigenvalue weighted by molar-refractivity contribution is 0.268. The maximum Gasteiger partial charge on any atom is 0.150 e. The molecule has 2 heterocycles. The fourth-order valence-electron chi connectivity index (χ4n) is 3.72. The molecular weight excluding hydrogens is 288 g/mol. The van der Waals surface area contributed by atoms with Crippen LogP contribution < -0.4 is 16.8 Å². The maximum atomic E-state index is 11.7. The van der Waals surface area contributed by atoms with E-state index in [4.69, 9.17) is 11.5 Å². The van der Waals surface area contributed by atoms with Crippen LogP contribution in [0.5, 0.6) is 0 Å². The molecule has 0 amide bonds. The van der Waals surface area contributed by atoms with Gasteiger partial charge in [-0.25, -0.2) is 8.42 Å². The van der Waals surface area contributed by atoms with E-state index in [0.717, 1.165) is 24.3 Å². The number of hydrogen-bond acceptors (Lipinski definition) is 6. The molecule has 1 atom stereocenters. The zero-order chi connectivity index (χ0) is 15.3. The van der Waals surface area contributed by atoms with Gasteiger partial charge >= 0.3 is 0 Å². The van der Waals surface area contributed by atoms with Gasteiger partial charge in [0.2, 0.25) is 0 Å². The van der Waals surface area contributed by atoms with Gasteiger partial charge in [0, 0.05) is 23.7 Å². The van der Waals surface area contributed by atoms with Crippen LogP contribution in [0.4, 0.5) is 0 Å². The number of nitrogens with one attached hydrogen (secondary N) is 1. The molecule has 0 bridgehead atoms. The first-order valence-corrected chi connectivity index (χ1v) is 9.24. The molecular formula is C14H22N4O2S. The number of amidine groups is 1. The van der Waals surface area contributed by atoms with Gasteiger partial charge in [-0.3, -0.25) is 4.99 Å². The number of fused-ring (bicyclic) bond motifs is 1. The smallest absolute Gasteiger partial charge is 0.150 e. The highest BCUT2D eigenvalue weighted by Gasteiger charge is 2.47. The molecule has 0 aromatic carbocycles. The van der Waals surface area contributed by atoms with Crippen LogP contribution >= 0.6 is 0 Å². The number of nitrogens with two attached hydrogens (primary N) is 2. The van der Waals surface area contributed by atoms with E-state index >= 15 is 0 Å². The summed E-state index contributed by atoms with van der Waals surface area (Å²) in [5.41, 5.74) is 13.7. The fourth-order valence-corrected chi connectivity index (χ4v) is 4.85. The first-order chi connectivity index (χ1) is 9.83. The summed E-state index contributed by atoms with van der Waals surface area (Å²) in [4.78, 5) is 4.37. The Labute approximate surface area is 125 Å². The van der Waals surface area contributed by atoms with Crippen LogP contribution in [0.3, 0.4) is 0 Å². The first-order valence-electron chi connectivity index (χ1n) is 7.29. The molecule has 2 aliphatic heterocycles. The first kappa shape index (κ1) is 14.6. The molecule has 0 saturated heterocycles. The van der Waals surface area contributed by atoms with Gasteiger partial charge in [-0.05, 0) is 31.6 Å². The minimum Gasteiger partial charge on any atom is -0.399 e. The topological polar surface area (TPSA) is 111 Å². The summed E-state index contributed by atoms with van der Waals surface area (Å²) in [5.74, 6) is 0.959. The third-order valence-electron chi connectivity index (χ3n) is 5.01. The van der Waals surface area contributed by atoms with Gasteiger partial charge in [-0.1, -0.05) is 6.08 Å². The van der Waals surface area contributed by atoms with E-state index in [1.165, 1.54) is 6.26 Å². The number of nitrogens with zero attached hydrogens (tertiary/aromatic N) is 1. The van der Waals surface area contributed by atoms with Crippen molar-refractivity contribution in [1.82, 2.24) is 5.32 Å². The lowest BCUT2D eigenvalue weighted by Crippen LogP contribution is -2.59. The average Bonchev–Trinajstić information content (AvgIpc) is 2.92. The van der Waals surface area contributed by atoms with Crippen molar-refractivity contribution in [3.8, 4) is 0 Å². The number of aliphatic imine (C=N–C) groups is 1. The van der Waals surface area contributed by atoms with Crippen LogP contribution in [0, 0.1) is 5.92 Å². The zero-order valence-corrected chi connectivity index (χ0v) is 13.0. The van der Waals surface area contributed by atoms with Crippen LogP contribution in [-0.4, -0.2) is 37.8 Å². The predicted octanol–water partition coefficient (Wildman–Crippen LogP) is 0.0291. The lowest BCUT2D eigenvalue weighted by atomic mass is 9.68. The molecule has 1 fully saturated rings. The molecule has 3 rings (SSSR count). The van der Waals surface area contributed by atoms with Crippen molar-refractivity contribution in [1.29, 1.82) is 0 Å². The number of rotatable bonds is 2. The second-order valence-corrected chi connectivity index (χ2v) is 8.55. The van der Waals surface area contributed by atoms with Crippen LogP contribution in [-0.2, 0) is 9.84 Å². The van der Waals surface area contributed by atoms with Gasteiger partial charge in [-0.2, -0.15) is 0 Å². The summed E-state index contributed by atoms with van der Waals surface area (Å²) in [7, 11) is -2.97. The summed E-state index contributed by atoms with van der Waals surface area (Å²) in [6.07, 6.45) is 7.92. The largest absolute Gasteiger partial charge is 0.399 e. The minimum absolute atomic E-state index is 0.156. The Morgan fingerprint density at radius 1 is 1.33 bits per heavy atom. The van der Waals surface area contributed by atoms with Crippen molar-refractivity contribution in [2.24, 2.45) is 22.4 Å². The molecule has 0 aromatic rings. The lowest BCUT2D eigenvalue weighted by Gasteiger charge is -2.44. The Bertz CT molecular complexity index is 642. The molecule has 0 radical (unpaired) electrons. The molecule has 21 heavy (non-hydrogen) atoms. The highest BCUT2D eigenvalue weighted by molar-refractivity contribution is 7.91. The molecule has 0 aromatic heterocycles. The van der Waals surface area contributed by atoms with Crippen molar-refractivity contribution < 1.29 is 8.42 Å². The molecule has 1 unspecified atom stereocenters. The summed E-state index contributed by atoms with van der Waals surface area (Å²) >= 11 is 0. The van der Waals surface area contributed by atoms with Crippen LogP contribution in [0.1, 0.15) is 25.7 Å². The van der Waals surface area contributed by atoms with E-state index in [-0.39, 0.29) is 11.2 Å². The van der Waals surface area contributed by atoms with E-state index in [1.54, 1.807) is 6.20 Å². The Morgan fingerprint density at radius 3 is 2.62 bits per heavy atom. The summed E-state index contributed by atoms with van der Waals surface area (Å²) in [6.45, 7) is 0.621. The van der Waals surface area contributed by atoms with E-state index < -0.39 is 15.4 Å². The number of hydrogen-bond donors (Lipinski definition) is 3. The average molecular weight is 310 g/mol. The molecule has 0 spiro atoms. The Kier molecular flexibility index (Phi) is 3.37. The maximum absolute atomic E-state index is 11.7. The zero-order valence-electron chi connectivity index (χ0n) is 12.2. The molecule has 116 valence electrons. The summed E-state index contributed by atoms with van der Waals surface area (Å²) in [6, 6.07) is 0. The monoisotopic (exact) mass is 310 g/mol. The quantitative estimate of drug-likeness (QED) is 0.666. The SMILES string of the molecule is CS(=O)(=O)C1CCC(C2(N)C(N)=CNC3=NCC=C32)CC1. The third-order valence-corrected chi connectivity index (χ3v) is 6.69. The molecule has 1 aliphatic carbocycles. The predicted molar refractivity (Wildman–Crippen MR) is 83.3 cm³/mol. The second-order valence-electron chi connectivity index (χ2n) is 6.22. The van der Waals surface area contributed by atoms with Gasteiger partial charge < -0.3 is 16.8 Å². The molecule has 5 N–H and O–H groups in total. The summed E-state index contributed by atoms with van der Waals surface area (Å²) in [5, 5.41) is 2.84. The highest BCUT2D eigenvalue weighted by atomic mass is 32.2. The van der Waals surface area contributed by atoms with Gasteiger partial charge in [0.05, 0.1) is 17.3 Å². The second kappa shape index (κ2) is 4.84. The van der Waals surface area contributed by atoms with Crippen molar-refractivity contribution in [2.75, 3.05) is 12.8 Å². The molecule has 3 aliphatic rings. The normalized spacial score (nSPS) is 36.2. The standard InChI is InChI=1S/C14H22N4O2S/c1-21(19,20)10-4-2-9(3-5-10)14(16)11-6-7-17-13(11)18-8-12(14)15/h6,8-10H,2-5,7,15-16H2,1H3,(H,17,18). The van der Waals surface area contributed by atoms with E-state index in [1.807, 2.05) is 6.08 Å². The van der Waals surface area contributed by atoms with E-state index in [0.29, 0.717) is 25.1 Å². The minimum atomic E-state index is -2.97. The Hall–Kier alpha value is -1.34. The van der Waals surface area contributed by atoms with E-state index in [2.05, 4.69) is 10.3 Å². The van der Waals surface area contributed by atoms with Crippen LogP contribution in [0.15, 0.2) is 28.5 Å². The van der Waals surface area contributed by atoms with Crippen molar-refractivity contribution >= 4 is 15.7 Å². The molecule has 6 nitrogen and oxygen atoms in total. The van der Waals surface area contributed by atoms with Gasteiger partial charge in [0.25, 0.3) is 0 Å². The summed E-state index contributed by atoms with van der Waals surface area (Å²) < 4.78 is 23.4. The Morgan fingerprint density at radius 2 is 2.00 bits per heavy atom. The fraction of sp³-hybridized carbons (Fsp3) is 0.643. The number of sulfone groups is 1. The third kappa shape index (κ3) is 2.28. The Balaban J connectivity index is 1.85. The highest BCUT2D eigenvalue weighted by Crippen LogP contribution is 2.41. The van der Waals surface area contributed by atoms with Gasteiger partial charge in [-0.15, -0.1) is 0 Å². The van der Waals surface area contributed by atoms with E-state index in [9.17, 15) is 8.42 Å². The molecule has 1 saturated carbocycles. The van der Waals surface area contributed by atoms with Crippen LogP contribution in [0.25, 0.3) is 0 Å².